The molecule has 1 saturated heterocycles. The predicted octanol–water partition coefficient (Wildman–Crippen LogP) is 4.76. The maximum absolute atomic E-state index is 13.6. The van der Waals surface area contributed by atoms with Crippen LogP contribution in [0.4, 0.5) is 5.69 Å². The lowest BCUT2D eigenvalue weighted by molar-refractivity contribution is -0.120. The minimum Gasteiger partial charge on any atom is -0.355 e. The maximum atomic E-state index is 13.6. The van der Waals surface area contributed by atoms with Crippen LogP contribution in [0.25, 0.3) is 12.2 Å². The highest BCUT2D eigenvalue weighted by Crippen LogP contribution is 2.29. The van der Waals surface area contributed by atoms with Crippen molar-refractivity contribution in [1.82, 2.24) is 9.46 Å². The zero-order chi connectivity index (χ0) is 24.1. The Balaban J connectivity index is 1.51. The van der Waals surface area contributed by atoms with Crippen molar-refractivity contribution >= 4 is 33.8 Å². The van der Waals surface area contributed by atoms with Crippen LogP contribution in [-0.4, -0.2) is 36.9 Å². The first kappa shape index (κ1) is 23.9. The molecule has 1 N–H and O–H groups in total. The summed E-state index contributed by atoms with van der Waals surface area (Å²) in [4.78, 5) is 13.0. The summed E-state index contributed by atoms with van der Waals surface area (Å²) in [6.45, 7) is 4.16. The van der Waals surface area contributed by atoms with Crippen LogP contribution in [0, 0.1) is 12.8 Å². The largest absolute Gasteiger partial charge is 0.355 e. The van der Waals surface area contributed by atoms with Crippen molar-refractivity contribution in [2.24, 2.45) is 5.92 Å². The van der Waals surface area contributed by atoms with Crippen LogP contribution in [0.2, 0.25) is 0 Å². The Hall–Kier alpha value is -3.23. The van der Waals surface area contributed by atoms with Gasteiger partial charge in [-0.3, -0.25) is 4.79 Å². The lowest BCUT2D eigenvalue weighted by Crippen LogP contribution is -2.43. The number of rotatable bonds is 7. The first-order chi connectivity index (χ1) is 16.4. The number of nitrogens with one attached hydrogen (secondary N) is 1. The molecule has 1 aromatic heterocycles. The van der Waals surface area contributed by atoms with E-state index in [2.05, 4.69) is 17.4 Å². The van der Waals surface area contributed by atoms with Gasteiger partial charge in [0, 0.05) is 18.8 Å². The molecule has 7 nitrogen and oxygen atoms in total. The predicted molar refractivity (Wildman–Crippen MR) is 133 cm³/mol. The number of nitrogens with zero attached hydrogens (tertiary/aromatic N) is 2. The van der Waals surface area contributed by atoms with Gasteiger partial charge < -0.3 is 9.84 Å². The molecule has 4 rings (SSSR count). The van der Waals surface area contributed by atoms with Gasteiger partial charge in [0.2, 0.25) is 15.9 Å². The van der Waals surface area contributed by atoms with Gasteiger partial charge in [0.1, 0.15) is 5.69 Å². The number of aryl methyl sites for hydroxylation is 2. The van der Waals surface area contributed by atoms with Gasteiger partial charge >= 0.3 is 0 Å². The molecule has 1 atom stereocenters. The van der Waals surface area contributed by atoms with Gasteiger partial charge in [0.05, 0.1) is 5.92 Å². The summed E-state index contributed by atoms with van der Waals surface area (Å²) >= 11 is 0. The van der Waals surface area contributed by atoms with Crippen molar-refractivity contribution in [1.29, 1.82) is 0 Å². The third-order valence-corrected chi connectivity index (χ3v) is 8.07. The molecule has 1 unspecified atom stereocenters. The van der Waals surface area contributed by atoms with E-state index >= 15 is 0 Å². The molecule has 2 heterocycles. The maximum Gasteiger partial charge on any atom is 0.248 e. The molecule has 0 radical (unpaired) electrons. The molecular formula is C26H29N3O4S. The van der Waals surface area contributed by atoms with Gasteiger partial charge in [-0.2, -0.15) is 4.31 Å². The number of piperidine rings is 1. The minimum atomic E-state index is -3.89. The van der Waals surface area contributed by atoms with Crippen LogP contribution in [0.1, 0.15) is 42.3 Å². The lowest BCUT2D eigenvalue weighted by atomic mass is 9.98. The van der Waals surface area contributed by atoms with Crippen molar-refractivity contribution in [3.05, 3.63) is 77.2 Å². The molecule has 0 bridgehead atoms. The van der Waals surface area contributed by atoms with Crippen molar-refractivity contribution in [2.75, 3.05) is 18.4 Å². The fourth-order valence-electron chi connectivity index (χ4n) is 4.11. The van der Waals surface area contributed by atoms with Crippen LogP contribution >= 0.6 is 0 Å². The number of hydrogen-bond acceptors (Lipinski definition) is 5. The van der Waals surface area contributed by atoms with E-state index in [0.29, 0.717) is 30.8 Å². The van der Waals surface area contributed by atoms with E-state index in [1.807, 2.05) is 54.6 Å². The molecule has 34 heavy (non-hydrogen) atoms. The third-order valence-electron chi connectivity index (χ3n) is 6.04. The molecule has 0 aliphatic carbocycles. The molecule has 2 aromatic carbocycles. The highest BCUT2D eigenvalue weighted by molar-refractivity contribution is 7.89. The normalized spacial score (nSPS) is 17.2. The van der Waals surface area contributed by atoms with Gasteiger partial charge in [-0.05, 0) is 55.5 Å². The molecule has 1 fully saturated rings. The Morgan fingerprint density at radius 3 is 2.59 bits per heavy atom. The van der Waals surface area contributed by atoms with E-state index in [1.54, 1.807) is 19.1 Å². The van der Waals surface area contributed by atoms with E-state index in [1.165, 1.54) is 9.87 Å². The van der Waals surface area contributed by atoms with Crippen molar-refractivity contribution in [3.63, 3.8) is 0 Å². The van der Waals surface area contributed by atoms with Crippen LogP contribution in [0.15, 0.2) is 64.0 Å². The number of amides is 1. The highest BCUT2D eigenvalue weighted by Gasteiger charge is 2.36. The van der Waals surface area contributed by atoms with Gasteiger partial charge in [-0.25, -0.2) is 8.42 Å². The lowest BCUT2D eigenvalue weighted by Gasteiger charge is -2.31. The smallest absolute Gasteiger partial charge is 0.248 e. The first-order valence-electron chi connectivity index (χ1n) is 11.5. The molecule has 178 valence electrons. The van der Waals surface area contributed by atoms with Gasteiger partial charge in [0.15, 0.2) is 10.7 Å². The number of hydrogen-bond donors (Lipinski definition) is 1. The van der Waals surface area contributed by atoms with E-state index in [0.717, 1.165) is 12.0 Å². The first-order valence-corrected chi connectivity index (χ1v) is 12.9. The third kappa shape index (κ3) is 5.29. The summed E-state index contributed by atoms with van der Waals surface area (Å²) in [7, 11) is -3.89. The van der Waals surface area contributed by atoms with Crippen molar-refractivity contribution in [2.45, 2.75) is 38.0 Å². The second-order valence-electron chi connectivity index (χ2n) is 8.45. The number of anilines is 1. The van der Waals surface area contributed by atoms with Gasteiger partial charge in [-0.15, -0.1) is 0 Å². The molecule has 3 aromatic rings. The Labute approximate surface area is 200 Å². The van der Waals surface area contributed by atoms with E-state index in [-0.39, 0.29) is 23.1 Å². The molecule has 1 aliphatic heterocycles. The Morgan fingerprint density at radius 2 is 1.88 bits per heavy atom. The van der Waals surface area contributed by atoms with Crippen LogP contribution < -0.4 is 5.32 Å². The standard InChI is InChI=1S/C26H29N3O4S/c1-3-20-11-14-23(15-12-20)27-26(30)22-10-7-17-29(18-22)34(31,32)25-19(2)28-33-24(25)16-13-21-8-5-4-6-9-21/h4-6,8-9,11-16,22H,3,7,10,17-18H2,1-2H3,(H,27,30). The van der Waals surface area contributed by atoms with E-state index in [9.17, 15) is 13.2 Å². The molecule has 1 aliphatic rings. The molecule has 0 spiro atoms. The number of aromatic nitrogens is 1. The topological polar surface area (TPSA) is 92.5 Å². The quantitative estimate of drug-likeness (QED) is 0.528. The summed E-state index contributed by atoms with van der Waals surface area (Å²) in [6, 6.07) is 17.3. The van der Waals surface area contributed by atoms with Gasteiger partial charge in [0.25, 0.3) is 0 Å². The monoisotopic (exact) mass is 479 g/mol. The molecule has 1 amide bonds. The summed E-state index contributed by atoms with van der Waals surface area (Å²) in [5.74, 6) is -0.419. The average Bonchev–Trinajstić information content (AvgIpc) is 3.25. The summed E-state index contributed by atoms with van der Waals surface area (Å²) < 4.78 is 33.8. The number of benzene rings is 2. The van der Waals surface area contributed by atoms with Gasteiger partial charge in [-0.1, -0.05) is 60.6 Å². The highest BCUT2D eigenvalue weighted by atomic mass is 32.2. The molecule has 8 heteroatoms. The Bertz CT molecular complexity index is 1270. The minimum absolute atomic E-state index is 0.0518. The summed E-state index contributed by atoms with van der Waals surface area (Å²) in [5.41, 5.74) is 3.12. The Morgan fingerprint density at radius 1 is 1.15 bits per heavy atom. The fraction of sp³-hybridized carbons (Fsp3) is 0.308. The second kappa shape index (κ2) is 10.4. The summed E-state index contributed by atoms with van der Waals surface area (Å²) in [5, 5.41) is 6.83. The molecule has 0 saturated carbocycles. The van der Waals surface area contributed by atoms with Crippen LogP contribution in [-0.2, 0) is 21.2 Å². The number of sulfonamides is 1. The van der Waals surface area contributed by atoms with Crippen molar-refractivity contribution in [3.8, 4) is 0 Å². The van der Waals surface area contributed by atoms with Crippen LogP contribution in [0.3, 0.4) is 0 Å². The zero-order valence-corrected chi connectivity index (χ0v) is 20.2. The number of carbonyl (C=O) groups is 1. The average molecular weight is 480 g/mol. The zero-order valence-electron chi connectivity index (χ0n) is 19.4. The van der Waals surface area contributed by atoms with E-state index < -0.39 is 15.9 Å². The SMILES string of the molecule is CCc1ccc(NC(=O)C2CCCN(S(=O)(=O)c3c(C)noc3C=Cc3ccccc3)C2)cc1. The second-order valence-corrected chi connectivity index (χ2v) is 10.3. The summed E-state index contributed by atoms with van der Waals surface area (Å²) in [6.07, 6.45) is 5.57. The molecular weight excluding hydrogens is 450 g/mol. The van der Waals surface area contributed by atoms with E-state index in [4.69, 9.17) is 4.52 Å². The Kier molecular flexibility index (Phi) is 7.29. The fourth-order valence-corrected chi connectivity index (χ4v) is 5.88. The number of carbonyl (C=O) groups excluding carboxylic acids is 1. The van der Waals surface area contributed by atoms with Crippen LogP contribution in [0.5, 0.6) is 0 Å². The van der Waals surface area contributed by atoms with Crippen molar-refractivity contribution < 1.29 is 17.7 Å².